The predicted octanol–water partition coefficient (Wildman–Crippen LogP) is 7.67. The van der Waals surface area contributed by atoms with E-state index < -0.39 is 0 Å². The van der Waals surface area contributed by atoms with Crippen molar-refractivity contribution in [2.24, 2.45) is 5.92 Å². The van der Waals surface area contributed by atoms with Gasteiger partial charge in [0, 0.05) is 18.2 Å². The Morgan fingerprint density at radius 1 is 1.24 bits per heavy atom. The number of furan rings is 1. The lowest BCUT2D eigenvalue weighted by Gasteiger charge is -2.21. The molecule has 0 bridgehead atoms. The maximum absolute atomic E-state index is 12.9. The van der Waals surface area contributed by atoms with E-state index >= 15 is 0 Å². The quantitative estimate of drug-likeness (QED) is 0.294. The monoisotopic (exact) mass is 467 g/mol. The fourth-order valence-corrected chi connectivity index (χ4v) is 4.88. The van der Waals surface area contributed by atoms with Crippen molar-refractivity contribution in [2.75, 3.05) is 6.54 Å². The molecule has 7 heteroatoms. The van der Waals surface area contributed by atoms with Gasteiger partial charge < -0.3 is 4.42 Å². The summed E-state index contributed by atoms with van der Waals surface area (Å²) in [5.41, 5.74) is 0.716. The van der Waals surface area contributed by atoms with Gasteiger partial charge in [0.15, 0.2) is 0 Å². The number of benzene rings is 1. The maximum atomic E-state index is 12.9. The highest BCUT2D eigenvalue weighted by Crippen LogP contribution is 2.37. The van der Waals surface area contributed by atoms with Crippen molar-refractivity contribution in [2.45, 2.75) is 39.5 Å². The fraction of sp³-hybridized carbons (Fsp3) is 0.364. The molecule has 3 rings (SSSR count). The van der Waals surface area contributed by atoms with Crippen LogP contribution in [0.5, 0.6) is 0 Å². The number of nitrogens with zero attached hydrogens (tertiary/aromatic N) is 1. The molecular formula is C22H23Cl2NO2S2. The summed E-state index contributed by atoms with van der Waals surface area (Å²) in [6.45, 7) is 5.03. The van der Waals surface area contributed by atoms with E-state index in [9.17, 15) is 4.79 Å². The minimum absolute atomic E-state index is 0.0475. The lowest BCUT2D eigenvalue weighted by Crippen LogP contribution is -2.33. The van der Waals surface area contributed by atoms with E-state index in [0.29, 0.717) is 48.8 Å². The standard InChI is InChI=1S/C22H23Cl2NO2S2/c1-3-5-7-14(4-2)13-25-21(26)19(29-22(25)28)12-15-10-11-18(27-15)16-8-6-9-17(23)20(16)24/h6,8-12,14H,3-5,7,13H2,1-2H3/b19-12+/t14-/m0/s1. The van der Waals surface area contributed by atoms with Gasteiger partial charge in [-0.15, -0.1) is 0 Å². The number of hydrogen-bond acceptors (Lipinski definition) is 4. The van der Waals surface area contributed by atoms with Crippen molar-refractivity contribution in [3.8, 4) is 11.3 Å². The third-order valence-electron chi connectivity index (χ3n) is 4.97. The van der Waals surface area contributed by atoms with Crippen LogP contribution in [0.3, 0.4) is 0 Å². The van der Waals surface area contributed by atoms with Gasteiger partial charge in [-0.05, 0) is 36.6 Å². The number of thiocarbonyl (C=S) groups is 1. The minimum Gasteiger partial charge on any atom is -0.457 e. The van der Waals surface area contributed by atoms with E-state index in [1.807, 2.05) is 24.3 Å². The second-order valence-electron chi connectivity index (χ2n) is 7.01. The number of carbonyl (C=O) groups is 1. The Balaban J connectivity index is 1.76. The number of halogens is 2. The number of thioether (sulfide) groups is 1. The molecule has 1 aliphatic rings. The molecule has 0 aliphatic carbocycles. The van der Waals surface area contributed by atoms with Crippen LogP contribution in [-0.4, -0.2) is 21.7 Å². The van der Waals surface area contributed by atoms with E-state index in [-0.39, 0.29) is 5.91 Å². The number of carbonyl (C=O) groups excluding carboxylic acids is 1. The van der Waals surface area contributed by atoms with E-state index in [1.54, 1.807) is 17.0 Å². The predicted molar refractivity (Wildman–Crippen MR) is 127 cm³/mol. The van der Waals surface area contributed by atoms with Crippen LogP contribution in [0, 0.1) is 5.92 Å². The Morgan fingerprint density at radius 2 is 2.03 bits per heavy atom. The maximum Gasteiger partial charge on any atom is 0.266 e. The Labute approximate surface area is 191 Å². The summed E-state index contributed by atoms with van der Waals surface area (Å²) in [6.07, 6.45) is 6.23. The van der Waals surface area contributed by atoms with Crippen LogP contribution in [0.4, 0.5) is 0 Å². The van der Waals surface area contributed by atoms with Crippen LogP contribution in [0.15, 0.2) is 39.7 Å². The average molecular weight is 468 g/mol. The summed E-state index contributed by atoms with van der Waals surface area (Å²) in [4.78, 5) is 15.2. The summed E-state index contributed by atoms with van der Waals surface area (Å²) >= 11 is 19.2. The van der Waals surface area contributed by atoms with E-state index in [0.717, 1.165) is 19.3 Å². The van der Waals surface area contributed by atoms with Gasteiger partial charge in [-0.3, -0.25) is 9.69 Å². The first-order valence-electron chi connectivity index (χ1n) is 9.74. The lowest BCUT2D eigenvalue weighted by atomic mass is 9.99. The zero-order chi connectivity index (χ0) is 21.0. The minimum atomic E-state index is -0.0475. The number of rotatable bonds is 8. The second-order valence-corrected chi connectivity index (χ2v) is 9.47. The van der Waals surface area contributed by atoms with Crippen LogP contribution >= 0.6 is 47.2 Å². The molecular weight excluding hydrogens is 445 g/mol. The normalized spacial score (nSPS) is 16.8. The van der Waals surface area contributed by atoms with Gasteiger partial charge >= 0.3 is 0 Å². The molecule has 3 nitrogen and oxygen atoms in total. The van der Waals surface area contributed by atoms with Crippen LogP contribution in [0.1, 0.15) is 45.3 Å². The zero-order valence-electron chi connectivity index (χ0n) is 16.4. The molecule has 1 atom stereocenters. The van der Waals surface area contributed by atoms with Gasteiger partial charge in [-0.1, -0.05) is 86.4 Å². The van der Waals surface area contributed by atoms with Crippen molar-refractivity contribution in [1.82, 2.24) is 4.90 Å². The molecule has 0 N–H and O–H groups in total. The van der Waals surface area contributed by atoms with Gasteiger partial charge in [-0.2, -0.15) is 0 Å². The molecule has 1 aliphatic heterocycles. The lowest BCUT2D eigenvalue weighted by molar-refractivity contribution is -0.122. The summed E-state index contributed by atoms with van der Waals surface area (Å²) in [7, 11) is 0. The van der Waals surface area contributed by atoms with Crippen LogP contribution in [-0.2, 0) is 4.79 Å². The first kappa shape index (κ1) is 22.4. The Morgan fingerprint density at radius 3 is 2.76 bits per heavy atom. The van der Waals surface area contributed by atoms with Crippen molar-refractivity contribution < 1.29 is 9.21 Å². The molecule has 1 aromatic carbocycles. The fourth-order valence-electron chi connectivity index (χ4n) is 3.23. The highest BCUT2D eigenvalue weighted by atomic mass is 35.5. The SMILES string of the molecule is CCCC[C@H](CC)CN1C(=O)/C(=C\c2ccc(-c3cccc(Cl)c3Cl)o2)SC1=S. The molecule has 2 heterocycles. The third kappa shape index (κ3) is 5.26. The second kappa shape index (κ2) is 10.2. The largest absolute Gasteiger partial charge is 0.457 e. The summed E-state index contributed by atoms with van der Waals surface area (Å²) in [6, 6.07) is 9.03. The van der Waals surface area contributed by atoms with Gasteiger partial charge in [-0.25, -0.2) is 0 Å². The molecule has 1 aromatic heterocycles. The Bertz CT molecular complexity index is 939. The first-order chi connectivity index (χ1) is 13.9. The van der Waals surface area contributed by atoms with E-state index in [4.69, 9.17) is 39.8 Å². The number of unbranched alkanes of at least 4 members (excludes halogenated alkanes) is 1. The zero-order valence-corrected chi connectivity index (χ0v) is 19.6. The number of hydrogen-bond donors (Lipinski definition) is 0. The van der Waals surface area contributed by atoms with E-state index in [2.05, 4.69) is 13.8 Å². The van der Waals surface area contributed by atoms with Crippen molar-refractivity contribution in [3.63, 3.8) is 0 Å². The van der Waals surface area contributed by atoms with Crippen LogP contribution in [0.25, 0.3) is 17.4 Å². The van der Waals surface area contributed by atoms with Gasteiger partial charge in [0.2, 0.25) is 0 Å². The topological polar surface area (TPSA) is 33.5 Å². The molecule has 1 fully saturated rings. The molecule has 2 aromatic rings. The highest BCUT2D eigenvalue weighted by Gasteiger charge is 2.33. The van der Waals surface area contributed by atoms with E-state index in [1.165, 1.54) is 18.2 Å². The van der Waals surface area contributed by atoms with Gasteiger partial charge in [0.05, 0.1) is 15.0 Å². The van der Waals surface area contributed by atoms with Gasteiger partial charge in [0.1, 0.15) is 15.8 Å². The smallest absolute Gasteiger partial charge is 0.266 e. The van der Waals surface area contributed by atoms with Crippen LogP contribution in [0.2, 0.25) is 10.0 Å². The van der Waals surface area contributed by atoms with Crippen molar-refractivity contribution in [3.05, 3.63) is 51.0 Å². The summed E-state index contributed by atoms with van der Waals surface area (Å²) in [5.74, 6) is 1.60. The Hall–Kier alpha value is -1.27. The molecule has 154 valence electrons. The Kier molecular flexibility index (Phi) is 7.85. The highest BCUT2D eigenvalue weighted by molar-refractivity contribution is 8.26. The molecule has 0 spiro atoms. The average Bonchev–Trinajstić information content (AvgIpc) is 3.27. The molecule has 0 radical (unpaired) electrons. The molecule has 1 amide bonds. The molecule has 0 unspecified atom stereocenters. The summed E-state index contributed by atoms with van der Waals surface area (Å²) in [5, 5.41) is 0.913. The third-order valence-corrected chi connectivity index (χ3v) is 7.17. The molecule has 1 saturated heterocycles. The van der Waals surface area contributed by atoms with Crippen LogP contribution < -0.4 is 0 Å². The van der Waals surface area contributed by atoms with Crippen molar-refractivity contribution in [1.29, 1.82) is 0 Å². The molecule has 29 heavy (non-hydrogen) atoms. The first-order valence-corrected chi connectivity index (χ1v) is 11.7. The van der Waals surface area contributed by atoms with Gasteiger partial charge in [0.25, 0.3) is 5.91 Å². The molecule has 0 saturated carbocycles. The number of amides is 1. The summed E-state index contributed by atoms with van der Waals surface area (Å²) < 4.78 is 6.51. The van der Waals surface area contributed by atoms with Crippen molar-refractivity contribution >= 4 is 63.5 Å².